The highest BCUT2D eigenvalue weighted by atomic mass is 35.5. The smallest absolute Gasteiger partial charge is 0.322 e. The lowest BCUT2D eigenvalue weighted by Crippen LogP contribution is -2.40. The van der Waals surface area contributed by atoms with Gasteiger partial charge in [-0.1, -0.05) is 11.6 Å². The van der Waals surface area contributed by atoms with Gasteiger partial charge in [-0.3, -0.25) is 14.9 Å². The van der Waals surface area contributed by atoms with E-state index in [-0.39, 0.29) is 18.4 Å². The summed E-state index contributed by atoms with van der Waals surface area (Å²) in [6.07, 6.45) is 0. The number of amides is 1. The van der Waals surface area contributed by atoms with Crippen molar-refractivity contribution in [3.05, 3.63) is 29.3 Å². The van der Waals surface area contributed by atoms with Crippen molar-refractivity contribution in [2.75, 3.05) is 18.5 Å². The van der Waals surface area contributed by atoms with E-state index >= 15 is 0 Å². The molecular weight excluding hydrogens is 268 g/mol. The molecule has 5 nitrogen and oxygen atoms in total. The van der Waals surface area contributed by atoms with Gasteiger partial charge in [0, 0.05) is 10.7 Å². The number of ether oxygens (including phenoxy) is 1. The standard InChI is InChI=1S/C13H17ClN2O3/c1-3-19-13(18)9(2)15-8-12(17)16-11-6-4-10(14)5-7-11/h4-7,9,15H,3,8H2,1-2H3,(H,16,17). The van der Waals surface area contributed by atoms with Crippen LogP contribution in [0.4, 0.5) is 5.69 Å². The fourth-order valence-corrected chi connectivity index (χ4v) is 1.46. The Morgan fingerprint density at radius 2 is 1.95 bits per heavy atom. The number of hydrogen-bond donors (Lipinski definition) is 2. The highest BCUT2D eigenvalue weighted by Crippen LogP contribution is 2.12. The molecule has 1 atom stereocenters. The maximum atomic E-state index is 11.6. The van der Waals surface area contributed by atoms with Crippen molar-refractivity contribution in [1.82, 2.24) is 5.32 Å². The molecule has 1 amide bonds. The predicted octanol–water partition coefficient (Wildman–Crippen LogP) is 1.82. The number of anilines is 1. The highest BCUT2D eigenvalue weighted by molar-refractivity contribution is 6.30. The van der Waals surface area contributed by atoms with Crippen LogP contribution in [0.2, 0.25) is 5.02 Å². The first-order chi connectivity index (χ1) is 9.02. The average molecular weight is 285 g/mol. The monoisotopic (exact) mass is 284 g/mol. The molecule has 2 N–H and O–H groups in total. The van der Waals surface area contributed by atoms with Crippen LogP contribution in [-0.2, 0) is 14.3 Å². The van der Waals surface area contributed by atoms with Crippen LogP contribution in [0.25, 0.3) is 0 Å². The van der Waals surface area contributed by atoms with Crippen LogP contribution in [0.3, 0.4) is 0 Å². The molecule has 0 aliphatic rings. The lowest BCUT2D eigenvalue weighted by molar-refractivity contribution is -0.145. The Labute approximate surface area is 117 Å². The summed E-state index contributed by atoms with van der Waals surface area (Å²) < 4.78 is 4.82. The molecule has 0 fully saturated rings. The summed E-state index contributed by atoms with van der Waals surface area (Å²) in [7, 11) is 0. The second-order valence-electron chi connectivity index (χ2n) is 3.91. The zero-order chi connectivity index (χ0) is 14.3. The number of benzene rings is 1. The van der Waals surface area contributed by atoms with Gasteiger partial charge < -0.3 is 10.1 Å². The van der Waals surface area contributed by atoms with Gasteiger partial charge in [-0.05, 0) is 38.1 Å². The third-order valence-electron chi connectivity index (χ3n) is 2.34. The largest absolute Gasteiger partial charge is 0.465 e. The Balaban J connectivity index is 2.35. The highest BCUT2D eigenvalue weighted by Gasteiger charge is 2.14. The Morgan fingerprint density at radius 3 is 2.53 bits per heavy atom. The summed E-state index contributed by atoms with van der Waals surface area (Å²) in [5, 5.41) is 6.07. The third-order valence-corrected chi connectivity index (χ3v) is 2.59. The summed E-state index contributed by atoms with van der Waals surface area (Å²) in [4.78, 5) is 22.9. The van der Waals surface area contributed by atoms with E-state index in [0.717, 1.165) is 0 Å². The van der Waals surface area contributed by atoms with Gasteiger partial charge in [0.05, 0.1) is 13.2 Å². The van der Waals surface area contributed by atoms with E-state index in [1.165, 1.54) is 0 Å². The normalized spacial score (nSPS) is 11.7. The van der Waals surface area contributed by atoms with Crippen molar-refractivity contribution in [2.24, 2.45) is 0 Å². The number of esters is 1. The first-order valence-electron chi connectivity index (χ1n) is 5.98. The number of nitrogens with one attached hydrogen (secondary N) is 2. The van der Waals surface area contributed by atoms with Gasteiger partial charge >= 0.3 is 5.97 Å². The van der Waals surface area contributed by atoms with Crippen molar-refractivity contribution in [2.45, 2.75) is 19.9 Å². The zero-order valence-electron chi connectivity index (χ0n) is 10.9. The molecule has 0 spiro atoms. The molecule has 0 bridgehead atoms. The molecule has 1 aromatic carbocycles. The van der Waals surface area contributed by atoms with Gasteiger partial charge in [0.15, 0.2) is 0 Å². The van der Waals surface area contributed by atoms with E-state index in [4.69, 9.17) is 16.3 Å². The second kappa shape index (κ2) is 7.76. The van der Waals surface area contributed by atoms with Crippen LogP contribution < -0.4 is 10.6 Å². The molecule has 0 heterocycles. The first kappa shape index (κ1) is 15.5. The van der Waals surface area contributed by atoms with E-state index in [1.54, 1.807) is 38.1 Å². The maximum absolute atomic E-state index is 11.6. The lowest BCUT2D eigenvalue weighted by atomic mass is 10.3. The van der Waals surface area contributed by atoms with Gasteiger partial charge in [0.25, 0.3) is 0 Å². The molecule has 0 aliphatic heterocycles. The molecule has 6 heteroatoms. The number of carbonyl (C=O) groups excluding carboxylic acids is 2. The Hall–Kier alpha value is -1.59. The van der Waals surface area contributed by atoms with Crippen molar-refractivity contribution in [3.8, 4) is 0 Å². The summed E-state index contributed by atoms with van der Waals surface area (Å²) in [5.74, 6) is -0.611. The molecule has 1 rings (SSSR count). The van der Waals surface area contributed by atoms with Gasteiger partial charge in [-0.25, -0.2) is 0 Å². The molecule has 1 unspecified atom stereocenters. The average Bonchev–Trinajstić information content (AvgIpc) is 2.39. The second-order valence-corrected chi connectivity index (χ2v) is 4.35. The van der Waals surface area contributed by atoms with Crippen molar-refractivity contribution < 1.29 is 14.3 Å². The predicted molar refractivity (Wildman–Crippen MR) is 74.2 cm³/mol. The molecule has 0 aliphatic carbocycles. The topological polar surface area (TPSA) is 67.4 Å². The Kier molecular flexibility index (Phi) is 6.32. The summed E-state index contributed by atoms with van der Waals surface area (Å²) in [5.41, 5.74) is 0.653. The van der Waals surface area contributed by atoms with Crippen LogP contribution in [0.1, 0.15) is 13.8 Å². The number of halogens is 1. The van der Waals surface area contributed by atoms with Gasteiger partial charge in [0.2, 0.25) is 5.91 Å². The number of hydrogen-bond acceptors (Lipinski definition) is 4. The molecule has 0 saturated carbocycles. The third kappa shape index (κ3) is 5.72. The van der Waals surface area contributed by atoms with Crippen LogP contribution in [0, 0.1) is 0 Å². The fourth-order valence-electron chi connectivity index (χ4n) is 1.33. The van der Waals surface area contributed by atoms with E-state index < -0.39 is 6.04 Å². The Bertz CT molecular complexity index is 434. The van der Waals surface area contributed by atoms with E-state index in [2.05, 4.69) is 10.6 Å². The lowest BCUT2D eigenvalue weighted by Gasteiger charge is -2.12. The van der Waals surface area contributed by atoms with Gasteiger partial charge in [-0.15, -0.1) is 0 Å². The Morgan fingerprint density at radius 1 is 1.32 bits per heavy atom. The maximum Gasteiger partial charge on any atom is 0.322 e. The van der Waals surface area contributed by atoms with E-state index in [9.17, 15) is 9.59 Å². The summed E-state index contributed by atoms with van der Waals surface area (Å²) in [6.45, 7) is 3.73. The number of rotatable bonds is 6. The molecule has 0 aromatic heterocycles. The molecule has 104 valence electrons. The van der Waals surface area contributed by atoms with Gasteiger partial charge in [0.1, 0.15) is 6.04 Å². The SMILES string of the molecule is CCOC(=O)C(C)NCC(=O)Nc1ccc(Cl)cc1. The van der Waals surface area contributed by atoms with E-state index in [1.807, 2.05) is 0 Å². The van der Waals surface area contributed by atoms with Crippen LogP contribution in [0.5, 0.6) is 0 Å². The summed E-state index contributed by atoms with van der Waals surface area (Å²) in [6, 6.07) is 6.26. The van der Waals surface area contributed by atoms with E-state index in [0.29, 0.717) is 17.3 Å². The molecule has 19 heavy (non-hydrogen) atoms. The van der Waals surface area contributed by atoms with Crippen molar-refractivity contribution >= 4 is 29.2 Å². The molecule has 0 radical (unpaired) electrons. The van der Waals surface area contributed by atoms with Crippen LogP contribution in [0.15, 0.2) is 24.3 Å². The molecule has 0 saturated heterocycles. The number of carbonyl (C=O) groups is 2. The molecule has 1 aromatic rings. The minimum absolute atomic E-state index is 0.0304. The van der Waals surface area contributed by atoms with Crippen molar-refractivity contribution in [1.29, 1.82) is 0 Å². The van der Waals surface area contributed by atoms with Crippen LogP contribution >= 0.6 is 11.6 Å². The van der Waals surface area contributed by atoms with Gasteiger partial charge in [-0.2, -0.15) is 0 Å². The summed E-state index contributed by atoms with van der Waals surface area (Å²) >= 11 is 5.74. The fraction of sp³-hybridized carbons (Fsp3) is 0.385. The van der Waals surface area contributed by atoms with Crippen LogP contribution in [-0.4, -0.2) is 31.1 Å². The van der Waals surface area contributed by atoms with Crippen molar-refractivity contribution in [3.63, 3.8) is 0 Å². The minimum Gasteiger partial charge on any atom is -0.465 e. The minimum atomic E-state index is -0.518. The first-order valence-corrected chi connectivity index (χ1v) is 6.36. The quantitative estimate of drug-likeness (QED) is 0.782. The zero-order valence-corrected chi connectivity index (χ0v) is 11.7. The molecular formula is C13H17ClN2O3.